The molecule has 11 aromatic carbocycles. The molecule has 0 aliphatic rings. The highest BCUT2D eigenvalue weighted by molar-refractivity contribution is 7.20. The number of rotatable bonds is 11. The van der Waals surface area contributed by atoms with Gasteiger partial charge in [0.15, 0.2) is 22.0 Å². The van der Waals surface area contributed by atoms with Crippen LogP contribution in [-0.2, 0) is 0 Å². The quantitative estimate of drug-likeness (QED) is 0.0957. The topological polar surface area (TPSA) is 65.8 Å². The monoisotopic (exact) mass is 1040 g/mol. The van der Waals surface area contributed by atoms with Crippen molar-refractivity contribution in [3.63, 3.8) is 0 Å². The van der Waals surface area contributed by atoms with Gasteiger partial charge in [-0.2, -0.15) is 15.0 Å². The van der Waals surface area contributed by atoms with Gasteiger partial charge in [0.2, 0.25) is 17.7 Å². The Bertz CT molecular complexity index is 4510. The van der Waals surface area contributed by atoms with E-state index in [0.717, 1.165) is 49.4 Å². The molecule has 4 heterocycles. The van der Waals surface area contributed by atoms with E-state index >= 15 is 0 Å². The molecule has 0 bridgehead atoms. The predicted molar refractivity (Wildman–Crippen MR) is 330 cm³/mol. The van der Waals surface area contributed by atoms with Crippen molar-refractivity contribution >= 4 is 107 Å². The molecule has 0 fully saturated rings. The third kappa shape index (κ3) is 7.24. The van der Waals surface area contributed by atoms with Crippen LogP contribution in [0.3, 0.4) is 0 Å². The Kier molecular flexibility index (Phi) is 11.1. The van der Waals surface area contributed by atoms with Crippen molar-refractivity contribution in [1.82, 2.24) is 33.5 Å². The van der Waals surface area contributed by atoms with Crippen LogP contribution in [0, 0.1) is 0 Å². The van der Waals surface area contributed by atoms with Crippen molar-refractivity contribution in [3.8, 4) is 23.3 Å². The molecule has 0 saturated heterocycles. The van der Waals surface area contributed by atoms with Gasteiger partial charge in [-0.25, -0.2) is 9.55 Å². The van der Waals surface area contributed by atoms with Crippen molar-refractivity contribution in [2.24, 2.45) is 0 Å². The average Bonchev–Trinajstić information content (AvgIpc) is 4.25. The summed E-state index contributed by atoms with van der Waals surface area (Å²) in [5.74, 6) is 2.26. The molecule has 7 nitrogen and oxygen atoms in total. The summed E-state index contributed by atoms with van der Waals surface area (Å²) in [7, 11) is -5.75. The summed E-state index contributed by atoms with van der Waals surface area (Å²) in [5, 5.41) is 12.7. The van der Waals surface area contributed by atoms with Crippen LogP contribution in [0.15, 0.2) is 297 Å². The maximum absolute atomic E-state index is 5.57. The van der Waals surface area contributed by atoms with Crippen LogP contribution in [-0.4, -0.2) is 49.6 Å². The predicted octanol–water partition coefficient (Wildman–Crippen LogP) is 10.1. The Hall–Kier alpha value is -10.1. The first-order valence-electron chi connectivity index (χ1n) is 26.8. The number of fused-ring (bicyclic) bond motifs is 8. The Balaban J connectivity index is 0.978. The second-order valence-corrected chi connectivity index (χ2v) is 27.8. The van der Waals surface area contributed by atoms with E-state index in [1.54, 1.807) is 0 Å². The molecule has 0 radical (unpaired) electrons. The van der Waals surface area contributed by atoms with Crippen LogP contribution < -0.4 is 41.5 Å². The minimum absolute atomic E-state index is 0.471. The second-order valence-electron chi connectivity index (χ2n) is 20.2. The molecule has 0 aliphatic carbocycles. The number of imidazole rings is 2. The summed E-state index contributed by atoms with van der Waals surface area (Å²) >= 11 is 0. The number of benzene rings is 11. The second kappa shape index (κ2) is 18.9. The fraction of sp³-hybridized carbons (Fsp3) is 0. The highest BCUT2D eigenvalue weighted by atomic mass is 28.3. The van der Waals surface area contributed by atoms with Gasteiger partial charge in [0.05, 0.1) is 33.1 Å². The summed E-state index contributed by atoms with van der Waals surface area (Å²) in [4.78, 5) is 21.9. The lowest BCUT2D eigenvalue weighted by Crippen LogP contribution is -2.74. The zero-order valence-corrected chi connectivity index (χ0v) is 44.9. The SMILES string of the molecule is c1ccc(-c2nc(-n3c4ccccc4c4cc([Si](c5ccccc5)(c5ccccc5)c5ccccc5)ccc43)nc(-n3c4ccccc4n4c5cc([Si](c6ccccc6)(c6ccccc6)c6ccccc6)ccc5nc34)n2)cc1. The van der Waals surface area contributed by atoms with Crippen LogP contribution in [0.25, 0.3) is 72.9 Å². The van der Waals surface area contributed by atoms with Crippen LogP contribution in [0.1, 0.15) is 0 Å². The largest absolute Gasteiger partial charge is 0.278 e. The zero-order valence-electron chi connectivity index (χ0n) is 42.9. The van der Waals surface area contributed by atoms with E-state index in [-0.39, 0.29) is 0 Å². The van der Waals surface area contributed by atoms with Crippen molar-refractivity contribution in [2.45, 2.75) is 0 Å². The summed E-state index contributed by atoms with van der Waals surface area (Å²) in [5.41, 5.74) is 6.71. The van der Waals surface area contributed by atoms with Crippen LogP contribution >= 0.6 is 0 Å². The normalized spacial score (nSPS) is 12.1. The first-order valence-corrected chi connectivity index (χ1v) is 30.8. The average molecular weight is 1040 g/mol. The standard InChI is InChI=1S/C70H49N7Si2/c1-8-26-50(27-9-1)67-72-68(75-62-41-23-22-40-59(62)60-48-57(45-47-63(60)75)78(51-28-10-2-11-29-51,52-30-12-3-13-31-52)53-32-14-4-15-33-53)74-69(73-67)77-65-43-25-24-42-64(65)76-66-49-58(44-46-61(66)71-70(76)77)79(54-34-16-5-17-35-54,55-36-18-6-19-37-55)56-38-20-7-21-39-56/h1-49H. The molecule has 0 aliphatic heterocycles. The molecule has 0 saturated carbocycles. The van der Waals surface area contributed by atoms with Crippen molar-refractivity contribution in [3.05, 3.63) is 297 Å². The number of hydrogen-bond donors (Lipinski definition) is 0. The van der Waals surface area contributed by atoms with Gasteiger partial charge in [-0.3, -0.25) is 8.97 Å². The van der Waals surface area contributed by atoms with Gasteiger partial charge in [-0.15, -0.1) is 0 Å². The van der Waals surface area contributed by atoms with Crippen LogP contribution in [0.5, 0.6) is 0 Å². The lowest BCUT2D eigenvalue weighted by molar-refractivity contribution is 0.885. The van der Waals surface area contributed by atoms with E-state index in [4.69, 9.17) is 19.9 Å². The lowest BCUT2D eigenvalue weighted by Gasteiger charge is -2.34. The van der Waals surface area contributed by atoms with Gasteiger partial charge >= 0.3 is 0 Å². The summed E-state index contributed by atoms with van der Waals surface area (Å²) in [6.45, 7) is 0. The Morgan fingerprint density at radius 2 is 0.646 bits per heavy atom. The molecule has 4 aromatic heterocycles. The fourth-order valence-corrected chi connectivity index (χ4v) is 22.2. The number of nitrogens with zero attached hydrogens (tertiary/aromatic N) is 7. The van der Waals surface area contributed by atoms with E-state index in [2.05, 4.69) is 293 Å². The van der Waals surface area contributed by atoms with Gasteiger partial charge in [-0.1, -0.05) is 261 Å². The molecular formula is C70H49N7Si2. The minimum atomic E-state index is -2.88. The molecule has 0 N–H and O–H groups in total. The molecule has 0 unspecified atom stereocenters. The summed E-state index contributed by atoms with van der Waals surface area (Å²) in [6, 6.07) is 108. The Morgan fingerprint density at radius 3 is 1.15 bits per heavy atom. The smallest absolute Gasteiger partial charge is 0.242 e. The summed E-state index contributed by atoms with van der Waals surface area (Å²) < 4.78 is 6.64. The molecule has 0 amide bonds. The Morgan fingerprint density at radius 1 is 0.253 bits per heavy atom. The fourth-order valence-electron chi connectivity index (χ4n) is 12.7. The molecular weight excluding hydrogens is 995 g/mol. The van der Waals surface area contributed by atoms with Crippen LogP contribution in [0.4, 0.5) is 0 Å². The molecule has 372 valence electrons. The molecule has 15 rings (SSSR count). The van der Waals surface area contributed by atoms with E-state index in [9.17, 15) is 0 Å². The van der Waals surface area contributed by atoms with Crippen molar-refractivity contribution in [1.29, 1.82) is 0 Å². The number of aromatic nitrogens is 7. The first-order chi connectivity index (χ1) is 39.2. The van der Waals surface area contributed by atoms with Gasteiger partial charge < -0.3 is 0 Å². The van der Waals surface area contributed by atoms with Gasteiger partial charge in [0.1, 0.15) is 0 Å². The lowest BCUT2D eigenvalue weighted by atomic mass is 10.1. The van der Waals surface area contributed by atoms with E-state index in [1.165, 1.54) is 41.5 Å². The van der Waals surface area contributed by atoms with Crippen LogP contribution in [0.2, 0.25) is 0 Å². The summed E-state index contributed by atoms with van der Waals surface area (Å²) in [6.07, 6.45) is 0. The zero-order chi connectivity index (χ0) is 52.3. The third-order valence-corrected chi connectivity index (χ3v) is 25.6. The molecule has 0 spiro atoms. The third-order valence-electron chi connectivity index (χ3n) is 16.0. The molecule has 0 atom stereocenters. The van der Waals surface area contributed by atoms with Crippen molar-refractivity contribution in [2.75, 3.05) is 0 Å². The maximum atomic E-state index is 5.57. The van der Waals surface area contributed by atoms with Crippen molar-refractivity contribution < 1.29 is 0 Å². The highest BCUT2D eigenvalue weighted by Crippen LogP contribution is 2.34. The van der Waals surface area contributed by atoms with Gasteiger partial charge in [-0.05, 0) is 77.9 Å². The van der Waals surface area contributed by atoms with Gasteiger partial charge in [0.25, 0.3) is 0 Å². The van der Waals surface area contributed by atoms with E-state index in [0.29, 0.717) is 23.5 Å². The number of para-hydroxylation sites is 3. The molecule has 9 heteroatoms. The first kappa shape index (κ1) is 46.3. The number of hydrogen-bond acceptors (Lipinski definition) is 4. The highest BCUT2D eigenvalue weighted by Gasteiger charge is 2.43. The Labute approximate surface area is 458 Å². The van der Waals surface area contributed by atoms with E-state index in [1.807, 2.05) is 18.2 Å². The minimum Gasteiger partial charge on any atom is -0.278 e. The van der Waals surface area contributed by atoms with E-state index < -0.39 is 16.1 Å². The molecule has 79 heavy (non-hydrogen) atoms. The van der Waals surface area contributed by atoms with Gasteiger partial charge in [0, 0.05) is 16.3 Å². The maximum Gasteiger partial charge on any atom is 0.242 e. The molecule has 15 aromatic rings.